The van der Waals surface area contributed by atoms with Crippen molar-refractivity contribution in [2.24, 2.45) is 0 Å². The molecule has 1 rings (SSSR count). The van der Waals surface area contributed by atoms with Gasteiger partial charge in [-0.25, -0.2) is 0 Å². The highest BCUT2D eigenvalue weighted by atomic mass is 14.1. The minimum absolute atomic E-state index is 0.531. The lowest BCUT2D eigenvalue weighted by Crippen LogP contribution is -1.97. The summed E-state index contributed by atoms with van der Waals surface area (Å²) in [5.41, 5.74) is 5.18. The van der Waals surface area contributed by atoms with Gasteiger partial charge >= 0.3 is 0 Å². The highest BCUT2D eigenvalue weighted by molar-refractivity contribution is 5.67. The van der Waals surface area contributed by atoms with Crippen LogP contribution in [-0.2, 0) is 6.42 Å². The Morgan fingerprint density at radius 1 is 1.20 bits per heavy atom. The molecule has 1 aromatic carbocycles. The molecule has 0 bridgehead atoms. The average Bonchev–Trinajstić information content (AvgIpc) is 2.26. The van der Waals surface area contributed by atoms with Crippen molar-refractivity contribution in [1.82, 2.24) is 0 Å². The first kappa shape index (κ1) is 11.8. The lowest BCUT2D eigenvalue weighted by atomic mass is 9.90. The summed E-state index contributed by atoms with van der Waals surface area (Å²) in [7, 11) is 0. The van der Waals surface area contributed by atoms with Gasteiger partial charge in [-0.3, -0.25) is 0 Å². The van der Waals surface area contributed by atoms with Crippen molar-refractivity contribution in [2.75, 3.05) is 0 Å². The van der Waals surface area contributed by atoms with Gasteiger partial charge in [0, 0.05) is 0 Å². The van der Waals surface area contributed by atoms with Crippen LogP contribution < -0.4 is 0 Å². The van der Waals surface area contributed by atoms with Crippen LogP contribution in [-0.4, -0.2) is 0 Å². The van der Waals surface area contributed by atoms with E-state index in [4.69, 9.17) is 0 Å². The molecule has 0 heterocycles. The van der Waals surface area contributed by atoms with Crippen molar-refractivity contribution in [3.05, 3.63) is 47.5 Å². The van der Waals surface area contributed by atoms with Crippen LogP contribution in [0.5, 0.6) is 0 Å². The molecule has 0 heteroatoms. The Hall–Kier alpha value is -1.30. The maximum atomic E-state index is 3.89. The largest absolute Gasteiger partial charge is 0.0984 e. The number of aryl methyl sites for hydroxylation is 1. The zero-order valence-corrected chi connectivity index (χ0v) is 10.0. The molecule has 0 saturated carbocycles. The Morgan fingerprint density at radius 2 is 1.87 bits per heavy atom. The predicted octanol–water partition coefficient (Wildman–Crippen LogP) is 4.66. The molecular weight excluding hydrogens is 180 g/mol. The van der Waals surface area contributed by atoms with E-state index in [2.05, 4.69) is 46.1 Å². The topological polar surface area (TPSA) is 0 Å². The maximum absolute atomic E-state index is 3.89. The molecule has 0 unspecified atom stereocenters. The SMILES string of the molecule is C=Cc1cc(CC)cc(C(C)C)c1C=C. The molecule has 0 aliphatic carbocycles. The number of hydrogen-bond acceptors (Lipinski definition) is 0. The summed E-state index contributed by atoms with van der Waals surface area (Å²) in [5.74, 6) is 0.531. The first-order valence-electron chi connectivity index (χ1n) is 5.55. The van der Waals surface area contributed by atoms with Crippen LogP contribution in [0, 0.1) is 0 Å². The molecule has 0 amide bonds. The molecule has 0 N–H and O–H groups in total. The molecular formula is C15H20. The van der Waals surface area contributed by atoms with Crippen molar-refractivity contribution in [1.29, 1.82) is 0 Å². The molecule has 0 aromatic heterocycles. The molecule has 0 aliphatic rings. The quantitative estimate of drug-likeness (QED) is 0.663. The molecule has 0 aliphatic heterocycles. The lowest BCUT2D eigenvalue weighted by molar-refractivity contribution is 0.859. The van der Waals surface area contributed by atoms with Crippen LogP contribution in [0.4, 0.5) is 0 Å². The van der Waals surface area contributed by atoms with Gasteiger partial charge in [0.05, 0.1) is 0 Å². The van der Waals surface area contributed by atoms with Crippen molar-refractivity contribution in [3.63, 3.8) is 0 Å². The Morgan fingerprint density at radius 3 is 2.27 bits per heavy atom. The van der Waals surface area contributed by atoms with E-state index in [1.165, 1.54) is 22.3 Å². The highest BCUT2D eigenvalue weighted by Crippen LogP contribution is 2.26. The fourth-order valence-corrected chi connectivity index (χ4v) is 1.85. The molecule has 80 valence electrons. The molecule has 0 saturated heterocycles. The second-order valence-corrected chi connectivity index (χ2v) is 4.10. The van der Waals surface area contributed by atoms with E-state index < -0.39 is 0 Å². The van der Waals surface area contributed by atoms with Crippen LogP contribution in [0.2, 0.25) is 0 Å². The third-order valence-corrected chi connectivity index (χ3v) is 2.76. The van der Waals surface area contributed by atoms with E-state index in [-0.39, 0.29) is 0 Å². The smallest absolute Gasteiger partial charge is 0.0155 e. The van der Waals surface area contributed by atoms with Gasteiger partial charge in [0.15, 0.2) is 0 Å². The van der Waals surface area contributed by atoms with Gasteiger partial charge in [-0.2, -0.15) is 0 Å². The van der Waals surface area contributed by atoms with Crippen LogP contribution >= 0.6 is 0 Å². The second-order valence-electron chi connectivity index (χ2n) is 4.10. The molecule has 0 fully saturated rings. The van der Waals surface area contributed by atoms with Gasteiger partial charge in [-0.1, -0.05) is 58.2 Å². The normalized spacial score (nSPS) is 10.4. The molecule has 0 nitrogen and oxygen atoms in total. The van der Waals surface area contributed by atoms with Crippen LogP contribution in [0.25, 0.3) is 12.2 Å². The zero-order valence-electron chi connectivity index (χ0n) is 10.0. The third kappa shape index (κ3) is 2.38. The van der Waals surface area contributed by atoms with E-state index in [1.807, 2.05) is 12.2 Å². The Labute approximate surface area is 93.3 Å². The minimum atomic E-state index is 0.531. The summed E-state index contributed by atoms with van der Waals surface area (Å²) in [6.07, 6.45) is 4.92. The van der Waals surface area contributed by atoms with Gasteiger partial charge in [0.2, 0.25) is 0 Å². The predicted molar refractivity (Wildman–Crippen MR) is 70.1 cm³/mol. The first-order valence-corrected chi connectivity index (χ1v) is 5.55. The van der Waals surface area contributed by atoms with Gasteiger partial charge in [0.1, 0.15) is 0 Å². The summed E-state index contributed by atoms with van der Waals surface area (Å²) in [6, 6.07) is 4.49. The van der Waals surface area contributed by atoms with E-state index in [0.29, 0.717) is 5.92 Å². The summed E-state index contributed by atoms with van der Waals surface area (Å²) in [5, 5.41) is 0. The Bertz CT molecular complexity index is 370. The van der Waals surface area contributed by atoms with Gasteiger partial charge in [-0.15, -0.1) is 0 Å². The van der Waals surface area contributed by atoms with Crippen LogP contribution in [0.1, 0.15) is 48.9 Å². The second kappa shape index (κ2) is 4.97. The molecule has 1 aromatic rings. The number of benzene rings is 1. The zero-order chi connectivity index (χ0) is 11.4. The molecule has 15 heavy (non-hydrogen) atoms. The molecule has 0 atom stereocenters. The fraction of sp³-hybridized carbons (Fsp3) is 0.333. The van der Waals surface area contributed by atoms with Crippen molar-refractivity contribution in [3.8, 4) is 0 Å². The van der Waals surface area contributed by atoms with Crippen molar-refractivity contribution in [2.45, 2.75) is 33.1 Å². The average molecular weight is 200 g/mol. The lowest BCUT2D eigenvalue weighted by Gasteiger charge is -2.15. The molecule has 0 radical (unpaired) electrons. The summed E-state index contributed by atoms with van der Waals surface area (Å²) >= 11 is 0. The Kier molecular flexibility index (Phi) is 3.90. The van der Waals surface area contributed by atoms with Crippen LogP contribution in [0.15, 0.2) is 25.3 Å². The van der Waals surface area contributed by atoms with Gasteiger partial charge < -0.3 is 0 Å². The third-order valence-electron chi connectivity index (χ3n) is 2.76. The van der Waals surface area contributed by atoms with E-state index in [1.54, 1.807) is 0 Å². The van der Waals surface area contributed by atoms with E-state index in [0.717, 1.165) is 6.42 Å². The van der Waals surface area contributed by atoms with Gasteiger partial charge in [0.25, 0.3) is 0 Å². The number of hydrogen-bond donors (Lipinski definition) is 0. The number of rotatable bonds is 4. The highest BCUT2D eigenvalue weighted by Gasteiger charge is 2.08. The van der Waals surface area contributed by atoms with Crippen molar-refractivity contribution < 1.29 is 0 Å². The van der Waals surface area contributed by atoms with Gasteiger partial charge in [-0.05, 0) is 34.6 Å². The summed E-state index contributed by atoms with van der Waals surface area (Å²) in [6.45, 7) is 14.4. The fourth-order valence-electron chi connectivity index (χ4n) is 1.85. The summed E-state index contributed by atoms with van der Waals surface area (Å²) in [4.78, 5) is 0. The van der Waals surface area contributed by atoms with E-state index in [9.17, 15) is 0 Å². The summed E-state index contributed by atoms with van der Waals surface area (Å²) < 4.78 is 0. The first-order chi connectivity index (χ1) is 7.13. The standard InChI is InChI=1S/C15H20/c1-6-12-9-13(7-2)14(8-3)15(10-12)11(4)5/h7-11H,2-3,6H2,1,4-5H3. The van der Waals surface area contributed by atoms with E-state index >= 15 is 0 Å². The van der Waals surface area contributed by atoms with Crippen LogP contribution in [0.3, 0.4) is 0 Å². The Balaban J connectivity index is 3.45. The molecule has 0 spiro atoms. The monoisotopic (exact) mass is 200 g/mol. The van der Waals surface area contributed by atoms with Crippen molar-refractivity contribution >= 4 is 12.2 Å². The minimum Gasteiger partial charge on any atom is -0.0984 e. The maximum Gasteiger partial charge on any atom is -0.0155 e.